The van der Waals surface area contributed by atoms with Crippen molar-refractivity contribution in [3.63, 3.8) is 0 Å². The fraction of sp³-hybridized carbons (Fsp3) is 0.174. The molecule has 1 aromatic heterocycles. The van der Waals surface area contributed by atoms with Crippen molar-refractivity contribution in [1.29, 1.82) is 5.41 Å². The fourth-order valence-electron chi connectivity index (χ4n) is 3.58. The lowest BCUT2D eigenvalue weighted by molar-refractivity contribution is 0.849. The van der Waals surface area contributed by atoms with E-state index in [0.717, 1.165) is 17.5 Å². The quantitative estimate of drug-likeness (QED) is 0.386. The van der Waals surface area contributed by atoms with Gasteiger partial charge in [-0.25, -0.2) is 0 Å². The number of amidine groups is 1. The number of hydrogen-bond acceptors (Lipinski definition) is 1. The molecular formula is C23H23N3. The van der Waals surface area contributed by atoms with Crippen LogP contribution in [0, 0.1) is 5.41 Å². The van der Waals surface area contributed by atoms with Crippen molar-refractivity contribution in [2.24, 2.45) is 5.73 Å². The number of hydrogen-bond donors (Lipinski definition) is 2. The molecule has 3 N–H and O–H groups in total. The van der Waals surface area contributed by atoms with Crippen LogP contribution in [0.1, 0.15) is 36.5 Å². The molecule has 0 unspecified atom stereocenters. The summed E-state index contributed by atoms with van der Waals surface area (Å²) in [6.07, 6.45) is 0. The number of rotatable bonds is 4. The zero-order valence-electron chi connectivity index (χ0n) is 15.2. The Hall–Kier alpha value is -3.07. The monoisotopic (exact) mass is 341 g/mol. The minimum atomic E-state index is 0.105. The van der Waals surface area contributed by atoms with Crippen LogP contribution in [-0.2, 0) is 6.54 Å². The van der Waals surface area contributed by atoms with Crippen LogP contribution in [0.4, 0.5) is 0 Å². The van der Waals surface area contributed by atoms with Crippen LogP contribution in [0.15, 0.2) is 66.7 Å². The minimum absolute atomic E-state index is 0.105. The highest BCUT2D eigenvalue weighted by molar-refractivity contribution is 6.10. The summed E-state index contributed by atoms with van der Waals surface area (Å²) in [5.41, 5.74) is 11.5. The van der Waals surface area contributed by atoms with Crippen LogP contribution < -0.4 is 5.73 Å². The third-order valence-corrected chi connectivity index (χ3v) is 5.07. The lowest BCUT2D eigenvalue weighted by Gasteiger charge is -2.10. The van der Waals surface area contributed by atoms with Gasteiger partial charge >= 0.3 is 0 Å². The second kappa shape index (κ2) is 6.34. The molecule has 0 atom stereocenters. The maximum atomic E-state index is 7.73. The first-order valence-corrected chi connectivity index (χ1v) is 8.99. The van der Waals surface area contributed by atoms with Gasteiger partial charge in [-0.05, 0) is 41.3 Å². The van der Waals surface area contributed by atoms with Gasteiger partial charge in [-0.1, -0.05) is 56.3 Å². The van der Waals surface area contributed by atoms with Gasteiger partial charge in [0.15, 0.2) is 0 Å². The summed E-state index contributed by atoms with van der Waals surface area (Å²) < 4.78 is 2.35. The van der Waals surface area contributed by atoms with Crippen molar-refractivity contribution in [2.45, 2.75) is 26.3 Å². The summed E-state index contributed by atoms with van der Waals surface area (Å²) in [6, 6.07) is 23.4. The van der Waals surface area contributed by atoms with E-state index in [-0.39, 0.29) is 5.84 Å². The molecule has 0 saturated carbocycles. The van der Waals surface area contributed by atoms with E-state index in [9.17, 15) is 0 Å². The van der Waals surface area contributed by atoms with Crippen molar-refractivity contribution < 1.29 is 0 Å². The van der Waals surface area contributed by atoms with Gasteiger partial charge in [0.1, 0.15) is 5.84 Å². The highest BCUT2D eigenvalue weighted by atomic mass is 15.0. The lowest BCUT2D eigenvalue weighted by atomic mass is 10.0. The average Bonchev–Trinajstić information content (AvgIpc) is 2.96. The molecule has 0 aliphatic carbocycles. The Morgan fingerprint density at radius 2 is 1.62 bits per heavy atom. The first-order valence-electron chi connectivity index (χ1n) is 8.99. The van der Waals surface area contributed by atoms with Crippen LogP contribution in [-0.4, -0.2) is 10.4 Å². The van der Waals surface area contributed by atoms with Crippen molar-refractivity contribution >= 4 is 27.6 Å². The van der Waals surface area contributed by atoms with E-state index in [1.54, 1.807) is 0 Å². The second-order valence-electron chi connectivity index (χ2n) is 7.15. The summed E-state index contributed by atoms with van der Waals surface area (Å²) in [5, 5.41) is 10.1. The van der Waals surface area contributed by atoms with Gasteiger partial charge in [0.2, 0.25) is 0 Å². The summed E-state index contributed by atoms with van der Waals surface area (Å²) in [5.74, 6) is 0.648. The van der Waals surface area contributed by atoms with Gasteiger partial charge in [0, 0.05) is 33.9 Å². The molecule has 3 nitrogen and oxygen atoms in total. The van der Waals surface area contributed by atoms with Crippen LogP contribution in [0.2, 0.25) is 0 Å². The van der Waals surface area contributed by atoms with Crippen LogP contribution in [0.3, 0.4) is 0 Å². The molecule has 3 aromatic carbocycles. The van der Waals surface area contributed by atoms with Gasteiger partial charge in [0.05, 0.1) is 0 Å². The van der Waals surface area contributed by atoms with Crippen molar-refractivity contribution in [1.82, 2.24) is 4.57 Å². The van der Waals surface area contributed by atoms with Gasteiger partial charge in [-0.3, -0.25) is 5.41 Å². The third-order valence-electron chi connectivity index (χ3n) is 5.07. The number of nitrogens with two attached hydrogens (primary N) is 1. The lowest BCUT2D eigenvalue weighted by Crippen LogP contribution is -2.10. The van der Waals surface area contributed by atoms with E-state index in [2.05, 4.69) is 73.0 Å². The van der Waals surface area contributed by atoms with Crippen molar-refractivity contribution in [3.05, 3.63) is 83.4 Å². The van der Waals surface area contributed by atoms with E-state index in [0.29, 0.717) is 5.92 Å². The molecule has 1 heterocycles. The minimum Gasteiger partial charge on any atom is -0.384 e. The fourth-order valence-corrected chi connectivity index (χ4v) is 3.58. The second-order valence-corrected chi connectivity index (χ2v) is 7.15. The van der Waals surface area contributed by atoms with Gasteiger partial charge < -0.3 is 10.3 Å². The zero-order valence-corrected chi connectivity index (χ0v) is 15.2. The summed E-state index contributed by atoms with van der Waals surface area (Å²) in [7, 11) is 0. The number of aromatic nitrogens is 1. The standard InChI is InChI=1S/C23H23N3/c1-15(2)17-9-7-16(8-10-17)14-26-21-6-4-3-5-19(21)20-13-18(23(24)25)11-12-22(20)26/h3-13,15H,14H2,1-2H3,(H3,24,25). The molecule has 0 bridgehead atoms. The average molecular weight is 341 g/mol. The predicted octanol–water partition coefficient (Wildman–Crippen LogP) is 5.25. The molecule has 26 heavy (non-hydrogen) atoms. The largest absolute Gasteiger partial charge is 0.384 e. The highest BCUT2D eigenvalue weighted by Crippen LogP contribution is 2.30. The number of nitrogen functional groups attached to an aromatic ring is 1. The van der Waals surface area contributed by atoms with Crippen LogP contribution >= 0.6 is 0 Å². The molecule has 3 heteroatoms. The Balaban J connectivity index is 1.86. The van der Waals surface area contributed by atoms with Crippen LogP contribution in [0.5, 0.6) is 0 Å². The molecular weight excluding hydrogens is 318 g/mol. The van der Waals surface area contributed by atoms with Gasteiger partial charge in [-0.2, -0.15) is 0 Å². The Morgan fingerprint density at radius 3 is 2.31 bits per heavy atom. The predicted molar refractivity (Wildman–Crippen MR) is 110 cm³/mol. The van der Waals surface area contributed by atoms with Crippen molar-refractivity contribution in [2.75, 3.05) is 0 Å². The Labute approximate surface area is 153 Å². The number of benzene rings is 3. The molecule has 4 rings (SSSR count). The van der Waals surface area contributed by atoms with Gasteiger partial charge in [-0.15, -0.1) is 0 Å². The zero-order chi connectivity index (χ0) is 18.3. The number of nitrogens with zero attached hydrogens (tertiary/aromatic N) is 1. The first kappa shape index (κ1) is 16.4. The van der Waals surface area contributed by atoms with Gasteiger partial charge in [0.25, 0.3) is 0 Å². The maximum Gasteiger partial charge on any atom is 0.122 e. The Kier molecular flexibility index (Phi) is 4.00. The SMILES string of the molecule is CC(C)c1ccc(Cn2c3ccccc3c3cc(C(=N)N)ccc32)cc1. The number of nitrogens with one attached hydrogen (secondary N) is 1. The van der Waals surface area contributed by atoms with E-state index in [1.807, 2.05) is 12.1 Å². The topological polar surface area (TPSA) is 54.8 Å². The Morgan fingerprint density at radius 1 is 0.923 bits per heavy atom. The summed E-state index contributed by atoms with van der Waals surface area (Å²) >= 11 is 0. The molecule has 0 aliphatic rings. The van der Waals surface area contributed by atoms with E-state index >= 15 is 0 Å². The number of para-hydroxylation sites is 1. The van der Waals surface area contributed by atoms with E-state index in [4.69, 9.17) is 11.1 Å². The molecule has 0 aliphatic heterocycles. The first-order chi connectivity index (χ1) is 12.5. The smallest absolute Gasteiger partial charge is 0.122 e. The molecule has 4 aromatic rings. The van der Waals surface area contributed by atoms with Crippen molar-refractivity contribution in [3.8, 4) is 0 Å². The molecule has 0 spiro atoms. The maximum absolute atomic E-state index is 7.73. The third kappa shape index (κ3) is 2.76. The molecule has 0 fully saturated rings. The molecule has 130 valence electrons. The van der Waals surface area contributed by atoms with E-state index < -0.39 is 0 Å². The summed E-state index contributed by atoms with van der Waals surface area (Å²) in [4.78, 5) is 0. The molecule has 0 saturated heterocycles. The normalized spacial score (nSPS) is 11.5. The molecule has 0 radical (unpaired) electrons. The van der Waals surface area contributed by atoms with Crippen LogP contribution in [0.25, 0.3) is 21.8 Å². The van der Waals surface area contributed by atoms with E-state index in [1.165, 1.54) is 27.5 Å². The number of fused-ring (bicyclic) bond motifs is 3. The highest BCUT2D eigenvalue weighted by Gasteiger charge is 2.12. The Bertz CT molecular complexity index is 1100. The molecule has 0 amide bonds. The summed E-state index contributed by atoms with van der Waals surface area (Å²) in [6.45, 7) is 5.25.